The summed E-state index contributed by atoms with van der Waals surface area (Å²) in [6.07, 6.45) is 11.7. The summed E-state index contributed by atoms with van der Waals surface area (Å²) in [5.74, 6) is 0. The fourth-order valence-corrected chi connectivity index (χ4v) is 3.47. The highest BCUT2D eigenvalue weighted by atomic mass is 32.1. The van der Waals surface area contributed by atoms with Crippen LogP contribution in [0.4, 0.5) is 0 Å². The first kappa shape index (κ1) is 17.2. The molecule has 1 aliphatic rings. The number of rotatable bonds is 0. The second kappa shape index (κ2) is 9.12. The van der Waals surface area contributed by atoms with Gasteiger partial charge in [0.25, 0.3) is 0 Å². The molecule has 1 heteroatoms. The van der Waals surface area contributed by atoms with Crippen molar-refractivity contribution in [1.29, 1.82) is 0 Å². The van der Waals surface area contributed by atoms with Crippen molar-refractivity contribution in [2.75, 3.05) is 0 Å². The summed E-state index contributed by atoms with van der Waals surface area (Å²) in [5, 5.41) is 2.76. The molecule has 0 saturated carbocycles. The molecule has 0 nitrogen and oxygen atoms in total. The van der Waals surface area contributed by atoms with E-state index in [9.17, 15) is 0 Å². The van der Waals surface area contributed by atoms with Crippen LogP contribution >= 0.6 is 11.3 Å². The number of allylic oxidation sites excluding steroid dienone is 6. The number of hydrogen-bond acceptors (Lipinski definition) is 1. The Bertz CT molecular complexity index is 781. The summed E-state index contributed by atoms with van der Waals surface area (Å²) in [6, 6.07) is 17.1. The lowest BCUT2D eigenvalue weighted by Crippen LogP contribution is -1.62. The van der Waals surface area contributed by atoms with Gasteiger partial charge < -0.3 is 0 Å². The first-order valence-corrected chi connectivity index (χ1v) is 9.02. The van der Waals surface area contributed by atoms with Crippen molar-refractivity contribution in [1.82, 2.24) is 0 Å². The highest BCUT2D eigenvalue weighted by Crippen LogP contribution is 2.32. The molecule has 2 aromatic carbocycles. The van der Waals surface area contributed by atoms with Crippen molar-refractivity contribution >= 4 is 31.5 Å². The van der Waals surface area contributed by atoms with Crippen molar-refractivity contribution in [3.8, 4) is 0 Å². The zero-order valence-corrected chi connectivity index (χ0v) is 14.9. The van der Waals surface area contributed by atoms with Crippen LogP contribution in [0.1, 0.15) is 27.2 Å². The van der Waals surface area contributed by atoms with Crippen LogP contribution < -0.4 is 0 Å². The molecule has 118 valence electrons. The van der Waals surface area contributed by atoms with E-state index >= 15 is 0 Å². The molecule has 0 bridgehead atoms. The van der Waals surface area contributed by atoms with Crippen LogP contribution in [0.5, 0.6) is 0 Å². The summed E-state index contributed by atoms with van der Waals surface area (Å²) in [4.78, 5) is 0. The molecule has 3 aromatic rings. The summed E-state index contributed by atoms with van der Waals surface area (Å²) in [7, 11) is 0. The van der Waals surface area contributed by atoms with Gasteiger partial charge in [-0.2, -0.15) is 0 Å². The van der Waals surface area contributed by atoms with Gasteiger partial charge in [-0.15, -0.1) is 11.3 Å². The predicted molar refractivity (Wildman–Crippen MR) is 107 cm³/mol. The van der Waals surface area contributed by atoms with Crippen LogP contribution in [0.25, 0.3) is 20.2 Å². The van der Waals surface area contributed by atoms with Crippen LogP contribution in [0.15, 0.2) is 84.5 Å². The quantitative estimate of drug-likeness (QED) is 0.401. The average Bonchev–Trinajstić information content (AvgIpc) is 2.82. The van der Waals surface area contributed by atoms with Crippen LogP contribution in [0.2, 0.25) is 0 Å². The Labute approximate surface area is 143 Å². The van der Waals surface area contributed by atoms with E-state index in [1.54, 1.807) is 0 Å². The van der Waals surface area contributed by atoms with Crippen molar-refractivity contribution in [3.05, 3.63) is 84.5 Å². The molecule has 0 radical (unpaired) electrons. The third-order valence-electron chi connectivity index (χ3n) is 3.43. The summed E-state index contributed by atoms with van der Waals surface area (Å²) in [5.41, 5.74) is 1.33. The monoisotopic (exact) mass is 320 g/mol. The lowest BCUT2D eigenvalue weighted by molar-refractivity contribution is 1.40. The van der Waals surface area contributed by atoms with Crippen LogP contribution in [0.3, 0.4) is 0 Å². The zero-order valence-electron chi connectivity index (χ0n) is 14.1. The molecule has 0 spiro atoms. The molecule has 4 rings (SSSR count). The van der Waals surface area contributed by atoms with Gasteiger partial charge in [0, 0.05) is 20.2 Å². The molecular formula is C22H24S. The Morgan fingerprint density at radius 2 is 1.35 bits per heavy atom. The first-order chi connectivity index (χ1) is 11.3. The molecule has 0 atom stereocenters. The molecule has 23 heavy (non-hydrogen) atoms. The van der Waals surface area contributed by atoms with E-state index in [1.165, 1.54) is 25.7 Å². The van der Waals surface area contributed by atoms with Gasteiger partial charge in [-0.25, -0.2) is 0 Å². The zero-order chi connectivity index (χ0) is 16.5. The number of thiophene rings is 1. The molecule has 1 aliphatic carbocycles. The smallest absolute Gasteiger partial charge is 0.0355 e. The second-order valence-electron chi connectivity index (χ2n) is 5.07. The molecular weight excluding hydrogens is 296 g/mol. The minimum Gasteiger partial charge on any atom is -0.135 e. The predicted octanol–water partition coefficient (Wildman–Crippen LogP) is 7.53. The van der Waals surface area contributed by atoms with Gasteiger partial charge in [0.05, 0.1) is 0 Å². The van der Waals surface area contributed by atoms with Crippen molar-refractivity contribution in [2.24, 2.45) is 0 Å². The lowest BCUT2D eigenvalue weighted by atomic mass is 10.2. The van der Waals surface area contributed by atoms with Gasteiger partial charge in [-0.05, 0) is 25.5 Å². The normalized spacial score (nSPS) is 12.7. The Hall–Kier alpha value is -2.12. The van der Waals surface area contributed by atoms with Gasteiger partial charge in [0.1, 0.15) is 0 Å². The van der Waals surface area contributed by atoms with Crippen LogP contribution in [0, 0.1) is 0 Å². The average molecular weight is 321 g/mol. The number of benzene rings is 2. The fourth-order valence-electron chi connectivity index (χ4n) is 2.36. The molecule has 0 aliphatic heterocycles. The minimum absolute atomic E-state index is 1.08. The van der Waals surface area contributed by atoms with E-state index in [4.69, 9.17) is 0 Å². The van der Waals surface area contributed by atoms with Crippen LogP contribution in [-0.2, 0) is 0 Å². The molecule has 0 saturated heterocycles. The highest BCUT2D eigenvalue weighted by Gasteiger charge is 2.01. The van der Waals surface area contributed by atoms with E-state index < -0.39 is 0 Å². The third-order valence-corrected chi connectivity index (χ3v) is 4.58. The van der Waals surface area contributed by atoms with Crippen molar-refractivity contribution < 1.29 is 0 Å². The minimum atomic E-state index is 1.08. The van der Waals surface area contributed by atoms with Gasteiger partial charge in [-0.3, -0.25) is 0 Å². The largest absolute Gasteiger partial charge is 0.135 e. The first-order valence-electron chi connectivity index (χ1n) is 8.21. The van der Waals surface area contributed by atoms with E-state index in [2.05, 4.69) is 85.8 Å². The van der Waals surface area contributed by atoms with Crippen molar-refractivity contribution in [3.63, 3.8) is 0 Å². The lowest BCUT2D eigenvalue weighted by Gasteiger charge is -1.88. The number of hydrogen-bond donors (Lipinski definition) is 0. The fraction of sp³-hybridized carbons (Fsp3) is 0.182. The van der Waals surface area contributed by atoms with Gasteiger partial charge in [0.15, 0.2) is 0 Å². The maximum atomic E-state index is 2.19. The summed E-state index contributed by atoms with van der Waals surface area (Å²) in [6.45, 7) is 6.10. The molecule has 1 aromatic heterocycles. The third kappa shape index (κ3) is 4.67. The SMILES string of the molecule is CC.CC1=CC=CCC=C1.c1ccc2c(c1)sc1ccccc12. The van der Waals surface area contributed by atoms with Gasteiger partial charge >= 0.3 is 0 Å². The highest BCUT2D eigenvalue weighted by molar-refractivity contribution is 7.25. The summed E-state index contributed by atoms with van der Waals surface area (Å²) >= 11 is 1.86. The Morgan fingerprint density at radius 1 is 0.783 bits per heavy atom. The summed E-state index contributed by atoms with van der Waals surface area (Å²) < 4.78 is 2.76. The van der Waals surface area contributed by atoms with Crippen molar-refractivity contribution in [2.45, 2.75) is 27.2 Å². The Morgan fingerprint density at radius 3 is 1.96 bits per heavy atom. The standard InChI is InChI=1S/C12H8S.C8H10.C2H6/c1-3-7-11-9(5-1)10-6-2-4-8-12(10)13-11;1-8-6-4-2-3-5-7-8;1-2/h1-8H;2,4-7H,3H2,1H3;1-2H3. The van der Waals surface area contributed by atoms with Crippen LogP contribution in [-0.4, -0.2) is 0 Å². The van der Waals surface area contributed by atoms with E-state index in [0.717, 1.165) is 6.42 Å². The van der Waals surface area contributed by atoms with E-state index in [-0.39, 0.29) is 0 Å². The molecule has 1 heterocycles. The second-order valence-corrected chi connectivity index (χ2v) is 6.16. The molecule has 0 N–H and O–H groups in total. The van der Waals surface area contributed by atoms with E-state index in [1.807, 2.05) is 25.2 Å². The Kier molecular flexibility index (Phi) is 6.83. The van der Waals surface area contributed by atoms with E-state index in [0.29, 0.717) is 0 Å². The number of fused-ring (bicyclic) bond motifs is 3. The Balaban J connectivity index is 0.000000166. The maximum absolute atomic E-state index is 2.19. The van der Waals surface area contributed by atoms with Gasteiger partial charge in [0.2, 0.25) is 0 Å². The maximum Gasteiger partial charge on any atom is 0.0355 e. The molecule has 0 fully saturated rings. The molecule has 0 unspecified atom stereocenters. The molecule has 0 amide bonds. The van der Waals surface area contributed by atoms with Gasteiger partial charge in [-0.1, -0.05) is 86.2 Å². The topological polar surface area (TPSA) is 0 Å².